The van der Waals surface area contributed by atoms with E-state index in [1.807, 2.05) is 34.6 Å². The van der Waals surface area contributed by atoms with Crippen molar-refractivity contribution in [2.24, 2.45) is 0 Å². The van der Waals surface area contributed by atoms with Crippen LogP contribution in [0.5, 0.6) is 0 Å². The number of nitrogens with zero attached hydrogens (tertiary/aromatic N) is 1. The van der Waals surface area contributed by atoms with E-state index in [1.165, 1.54) is 9.75 Å². The average Bonchev–Trinajstić information content (AvgIpc) is 2.96. The van der Waals surface area contributed by atoms with Gasteiger partial charge in [-0.25, -0.2) is 0 Å². The first-order valence-electron chi connectivity index (χ1n) is 7.54. The molecule has 2 aromatic rings. The van der Waals surface area contributed by atoms with Crippen LogP contribution in [-0.4, -0.2) is 26.8 Å². The van der Waals surface area contributed by atoms with E-state index in [-0.39, 0.29) is 22.3 Å². The second-order valence-corrected chi connectivity index (χ2v) is 10.3. The second-order valence-electron chi connectivity index (χ2n) is 7.17. The van der Waals surface area contributed by atoms with E-state index in [2.05, 4.69) is 30.4 Å². The van der Waals surface area contributed by atoms with Crippen LogP contribution in [-0.2, 0) is 10.2 Å². The average molecular weight is 389 g/mol. The first kappa shape index (κ1) is 23.6. The number of aromatic nitrogens is 1. The Kier molecular flexibility index (Phi) is 7.90. The number of amides is 1. The Balaban J connectivity index is 0.00000288. The third kappa shape index (κ3) is 5.85. The lowest BCUT2D eigenvalue weighted by atomic mass is 9.93. The zero-order chi connectivity index (χ0) is 17.4. The van der Waals surface area contributed by atoms with Crippen LogP contribution in [0.3, 0.4) is 0 Å². The molecule has 0 aliphatic rings. The first-order valence-corrected chi connectivity index (χ1v) is 9.17. The number of nitrogens with one attached hydrogen (secondary N) is 1. The Morgan fingerprint density at radius 1 is 1.16 bits per heavy atom. The van der Waals surface area contributed by atoms with Crippen LogP contribution < -0.4 is 5.32 Å². The van der Waals surface area contributed by atoms with Crippen LogP contribution in [0.2, 0.25) is 0 Å². The van der Waals surface area contributed by atoms with Gasteiger partial charge < -0.3 is 20.8 Å². The van der Waals surface area contributed by atoms with E-state index in [1.54, 1.807) is 29.2 Å². The SMILES string of the molecule is Cc1cc(SC(C)(C)C(=O)Nc2cc(C(C)(C)C)on2)c(C)s1.O.O. The summed E-state index contributed by atoms with van der Waals surface area (Å²) in [7, 11) is 0. The highest BCUT2D eigenvalue weighted by Gasteiger charge is 2.31. The summed E-state index contributed by atoms with van der Waals surface area (Å²) in [6, 6.07) is 3.92. The van der Waals surface area contributed by atoms with Crippen molar-refractivity contribution in [2.75, 3.05) is 5.32 Å². The number of hydrogen-bond acceptors (Lipinski definition) is 5. The molecule has 25 heavy (non-hydrogen) atoms. The summed E-state index contributed by atoms with van der Waals surface area (Å²) in [4.78, 5) is 16.3. The number of carbonyl (C=O) groups excluding carboxylic acids is 1. The van der Waals surface area contributed by atoms with Gasteiger partial charge in [0.25, 0.3) is 0 Å². The lowest BCUT2D eigenvalue weighted by Crippen LogP contribution is -2.34. The highest BCUT2D eigenvalue weighted by atomic mass is 32.2. The lowest BCUT2D eigenvalue weighted by Gasteiger charge is -2.22. The number of hydrogen-bond donors (Lipinski definition) is 1. The van der Waals surface area contributed by atoms with Gasteiger partial charge in [0.2, 0.25) is 5.91 Å². The molecule has 0 saturated carbocycles. The van der Waals surface area contributed by atoms with Crippen molar-refractivity contribution in [2.45, 2.75) is 63.5 Å². The maximum atomic E-state index is 12.6. The fourth-order valence-electron chi connectivity index (χ4n) is 1.98. The summed E-state index contributed by atoms with van der Waals surface area (Å²) in [6.07, 6.45) is 0. The highest BCUT2D eigenvalue weighted by molar-refractivity contribution is 8.01. The van der Waals surface area contributed by atoms with E-state index in [0.717, 1.165) is 10.7 Å². The molecular formula is C17H28N2O4S2. The van der Waals surface area contributed by atoms with Gasteiger partial charge in [0.05, 0.1) is 4.75 Å². The van der Waals surface area contributed by atoms with Crippen LogP contribution in [0.4, 0.5) is 5.82 Å². The lowest BCUT2D eigenvalue weighted by molar-refractivity contribution is -0.117. The number of carbonyl (C=O) groups is 1. The molecule has 0 bridgehead atoms. The number of thioether (sulfide) groups is 1. The predicted molar refractivity (Wildman–Crippen MR) is 105 cm³/mol. The number of rotatable bonds is 4. The van der Waals surface area contributed by atoms with Gasteiger partial charge in [-0.1, -0.05) is 25.9 Å². The van der Waals surface area contributed by atoms with Crippen LogP contribution >= 0.6 is 23.1 Å². The molecule has 2 aromatic heterocycles. The molecule has 5 N–H and O–H groups in total. The smallest absolute Gasteiger partial charge is 0.241 e. The van der Waals surface area contributed by atoms with Crippen molar-refractivity contribution in [3.05, 3.63) is 27.6 Å². The zero-order valence-corrected chi connectivity index (χ0v) is 17.4. The molecule has 0 saturated heterocycles. The Bertz CT molecular complexity index is 715. The van der Waals surface area contributed by atoms with Crippen LogP contribution in [0.1, 0.15) is 50.1 Å². The Morgan fingerprint density at radius 2 is 1.76 bits per heavy atom. The maximum absolute atomic E-state index is 12.6. The molecule has 8 heteroatoms. The van der Waals surface area contributed by atoms with E-state index >= 15 is 0 Å². The molecular weight excluding hydrogens is 360 g/mol. The van der Waals surface area contributed by atoms with E-state index in [4.69, 9.17) is 4.52 Å². The minimum Gasteiger partial charge on any atom is -0.412 e. The monoisotopic (exact) mass is 388 g/mol. The summed E-state index contributed by atoms with van der Waals surface area (Å²) in [5, 5.41) is 6.81. The second kappa shape index (κ2) is 8.35. The van der Waals surface area contributed by atoms with E-state index in [0.29, 0.717) is 5.82 Å². The van der Waals surface area contributed by atoms with Gasteiger partial charge in [0.15, 0.2) is 5.82 Å². The van der Waals surface area contributed by atoms with Gasteiger partial charge in [0, 0.05) is 26.1 Å². The molecule has 0 atom stereocenters. The van der Waals surface area contributed by atoms with Crippen molar-refractivity contribution in [3.8, 4) is 0 Å². The van der Waals surface area contributed by atoms with Crippen molar-refractivity contribution >= 4 is 34.8 Å². The number of anilines is 1. The molecule has 2 rings (SSSR count). The van der Waals surface area contributed by atoms with Crippen molar-refractivity contribution in [3.63, 3.8) is 0 Å². The predicted octanol–water partition coefficient (Wildman–Crippen LogP) is 3.51. The molecule has 0 radical (unpaired) electrons. The normalized spacial score (nSPS) is 11.5. The number of thiophene rings is 1. The molecule has 2 heterocycles. The first-order chi connectivity index (χ1) is 10.5. The standard InChI is InChI=1S/C17H24N2O2S2.2H2O/c1-10-8-12(11(2)22-10)23-17(6,7)15(20)18-14-9-13(21-19-14)16(3,4)5;;/h8-9H,1-7H3,(H,18,19,20);2*1H2. The fourth-order valence-corrected chi connectivity index (χ4v) is 4.20. The Hall–Kier alpha value is -1.35. The molecule has 0 fully saturated rings. The van der Waals surface area contributed by atoms with Gasteiger partial charge in [-0.2, -0.15) is 0 Å². The van der Waals surface area contributed by atoms with Gasteiger partial charge >= 0.3 is 0 Å². The topological polar surface area (TPSA) is 118 Å². The third-order valence-corrected chi connectivity index (χ3v) is 5.83. The molecule has 0 aliphatic heterocycles. The third-order valence-electron chi connectivity index (χ3n) is 3.40. The fraction of sp³-hybridized carbons (Fsp3) is 0.529. The number of aryl methyl sites for hydroxylation is 2. The molecule has 1 amide bonds. The van der Waals surface area contributed by atoms with Crippen molar-refractivity contribution in [1.29, 1.82) is 0 Å². The van der Waals surface area contributed by atoms with Crippen LogP contribution in [0, 0.1) is 13.8 Å². The molecule has 0 spiro atoms. The minimum absolute atomic E-state index is 0. The van der Waals surface area contributed by atoms with Crippen LogP contribution in [0.15, 0.2) is 21.6 Å². The summed E-state index contributed by atoms with van der Waals surface area (Å²) >= 11 is 3.32. The summed E-state index contributed by atoms with van der Waals surface area (Å²) in [5.41, 5.74) is -0.133. The maximum Gasteiger partial charge on any atom is 0.241 e. The van der Waals surface area contributed by atoms with Crippen molar-refractivity contribution < 1.29 is 20.3 Å². The van der Waals surface area contributed by atoms with Crippen LogP contribution in [0.25, 0.3) is 0 Å². The van der Waals surface area contributed by atoms with Gasteiger partial charge in [-0.3, -0.25) is 4.79 Å². The van der Waals surface area contributed by atoms with Gasteiger partial charge in [-0.05, 0) is 33.8 Å². The van der Waals surface area contributed by atoms with E-state index in [9.17, 15) is 4.79 Å². The van der Waals surface area contributed by atoms with E-state index < -0.39 is 4.75 Å². The summed E-state index contributed by atoms with van der Waals surface area (Å²) in [5.74, 6) is 1.13. The molecule has 6 nitrogen and oxygen atoms in total. The van der Waals surface area contributed by atoms with Gasteiger partial charge in [0.1, 0.15) is 5.76 Å². The van der Waals surface area contributed by atoms with Crippen molar-refractivity contribution in [1.82, 2.24) is 5.16 Å². The summed E-state index contributed by atoms with van der Waals surface area (Å²) in [6.45, 7) is 14.1. The Morgan fingerprint density at radius 3 is 2.20 bits per heavy atom. The molecule has 142 valence electrons. The molecule has 0 aromatic carbocycles. The highest BCUT2D eigenvalue weighted by Crippen LogP contribution is 2.38. The quantitative estimate of drug-likeness (QED) is 0.806. The molecule has 0 unspecified atom stereocenters. The summed E-state index contributed by atoms with van der Waals surface area (Å²) < 4.78 is 4.72. The zero-order valence-electron chi connectivity index (χ0n) is 15.7. The Labute approximate surface area is 157 Å². The largest absolute Gasteiger partial charge is 0.412 e. The molecule has 0 aliphatic carbocycles. The van der Waals surface area contributed by atoms with Gasteiger partial charge in [-0.15, -0.1) is 23.1 Å². The minimum atomic E-state index is -0.598.